The van der Waals surface area contributed by atoms with Gasteiger partial charge in [-0.3, -0.25) is 9.69 Å². The molecule has 1 aromatic carbocycles. The van der Waals surface area contributed by atoms with Crippen molar-refractivity contribution in [3.05, 3.63) is 46.9 Å². The Hall–Kier alpha value is -2.07. The number of allylic oxidation sites excluding steroid dienone is 2. The van der Waals surface area contributed by atoms with E-state index in [0.29, 0.717) is 23.9 Å². The van der Waals surface area contributed by atoms with Gasteiger partial charge in [0.25, 0.3) is 0 Å². The first-order valence-electron chi connectivity index (χ1n) is 9.18. The fourth-order valence-electron chi connectivity index (χ4n) is 5.64. The SMILES string of the molecule is CC1=C(C=O)[C@@H]2CC3c4c(c5ccccc5n4C)C[C@@H]([C@@H]2CO1)N3C. The van der Waals surface area contributed by atoms with Crippen molar-refractivity contribution in [2.75, 3.05) is 13.7 Å². The highest BCUT2D eigenvalue weighted by atomic mass is 16.5. The van der Waals surface area contributed by atoms with Gasteiger partial charge in [0.05, 0.1) is 18.4 Å². The van der Waals surface area contributed by atoms with Crippen LogP contribution in [0.25, 0.3) is 10.9 Å². The Morgan fingerprint density at radius 2 is 2.04 bits per heavy atom. The lowest BCUT2D eigenvalue weighted by Crippen LogP contribution is -2.55. The van der Waals surface area contributed by atoms with Crippen LogP contribution in [0.2, 0.25) is 0 Å². The molecule has 1 unspecified atom stereocenters. The summed E-state index contributed by atoms with van der Waals surface area (Å²) in [6, 6.07) is 9.53. The molecule has 130 valence electrons. The average molecular weight is 336 g/mol. The standard InChI is InChI=1S/C21H24N2O2/c1-12-16(10-24)14-8-20-21-15(9-19(22(20)2)17(14)11-25-12)13-6-4-5-7-18(13)23(21)3/h4-7,10,14,17,19-20H,8-9,11H2,1-3H3/t14-,17+,19-,20?/m0/s1. The second-order valence-electron chi connectivity index (χ2n) is 7.84. The highest BCUT2D eigenvalue weighted by Crippen LogP contribution is 2.51. The minimum atomic E-state index is 0.323. The van der Waals surface area contributed by atoms with Gasteiger partial charge in [-0.05, 0) is 44.4 Å². The van der Waals surface area contributed by atoms with E-state index in [1.54, 1.807) is 0 Å². The van der Waals surface area contributed by atoms with Gasteiger partial charge in [-0.1, -0.05) is 18.2 Å². The molecule has 0 spiro atoms. The molecule has 3 aliphatic rings. The lowest BCUT2D eigenvalue weighted by atomic mass is 9.67. The number of ether oxygens (including phenoxy) is 1. The first-order chi connectivity index (χ1) is 12.1. The van der Waals surface area contributed by atoms with Gasteiger partial charge < -0.3 is 9.30 Å². The number of hydrogen-bond donors (Lipinski definition) is 0. The molecule has 0 radical (unpaired) electrons. The van der Waals surface area contributed by atoms with Gasteiger partial charge in [-0.25, -0.2) is 0 Å². The second kappa shape index (κ2) is 5.21. The van der Waals surface area contributed by atoms with E-state index in [0.717, 1.165) is 37.1 Å². The number of benzene rings is 1. The van der Waals surface area contributed by atoms with E-state index in [2.05, 4.69) is 47.8 Å². The Bertz CT molecular complexity index is 910. The average Bonchev–Trinajstić information content (AvgIpc) is 2.88. The maximum absolute atomic E-state index is 11.7. The van der Waals surface area contributed by atoms with E-state index in [4.69, 9.17) is 4.74 Å². The Kier molecular flexibility index (Phi) is 3.17. The van der Waals surface area contributed by atoms with Crippen LogP contribution in [0.5, 0.6) is 0 Å². The summed E-state index contributed by atoms with van der Waals surface area (Å²) in [6.07, 6.45) is 3.08. The monoisotopic (exact) mass is 336 g/mol. The van der Waals surface area contributed by atoms with E-state index in [9.17, 15) is 4.79 Å². The van der Waals surface area contributed by atoms with Crippen LogP contribution in [0, 0.1) is 11.8 Å². The molecule has 1 fully saturated rings. The largest absolute Gasteiger partial charge is 0.497 e. The Morgan fingerprint density at radius 3 is 2.84 bits per heavy atom. The summed E-state index contributed by atoms with van der Waals surface area (Å²) in [5, 5.41) is 1.39. The summed E-state index contributed by atoms with van der Waals surface area (Å²) in [7, 11) is 4.44. The van der Waals surface area contributed by atoms with E-state index >= 15 is 0 Å². The minimum absolute atomic E-state index is 0.323. The van der Waals surface area contributed by atoms with E-state index in [1.165, 1.54) is 22.2 Å². The van der Waals surface area contributed by atoms with Crippen LogP contribution in [-0.2, 0) is 23.0 Å². The van der Waals surface area contributed by atoms with Crippen molar-refractivity contribution in [2.24, 2.45) is 18.9 Å². The van der Waals surface area contributed by atoms with Crippen LogP contribution in [0.3, 0.4) is 0 Å². The molecule has 3 aliphatic heterocycles. The van der Waals surface area contributed by atoms with Crippen molar-refractivity contribution >= 4 is 17.2 Å². The molecule has 4 atom stereocenters. The molecule has 0 aliphatic carbocycles. The normalized spacial score (nSPS) is 31.5. The maximum Gasteiger partial charge on any atom is 0.149 e. The third kappa shape index (κ3) is 1.89. The lowest BCUT2D eigenvalue weighted by Gasteiger charge is -2.53. The lowest BCUT2D eigenvalue weighted by molar-refractivity contribution is -0.107. The molecule has 2 aromatic rings. The van der Waals surface area contributed by atoms with Crippen molar-refractivity contribution in [1.29, 1.82) is 0 Å². The van der Waals surface area contributed by atoms with Crippen molar-refractivity contribution in [1.82, 2.24) is 9.47 Å². The number of piperidine rings is 1. The van der Waals surface area contributed by atoms with Gasteiger partial charge in [0, 0.05) is 41.2 Å². The van der Waals surface area contributed by atoms with Crippen molar-refractivity contribution in [2.45, 2.75) is 31.8 Å². The van der Waals surface area contributed by atoms with Crippen molar-refractivity contribution < 1.29 is 9.53 Å². The van der Waals surface area contributed by atoms with E-state index in [1.807, 2.05) is 6.92 Å². The second-order valence-corrected chi connectivity index (χ2v) is 7.84. The minimum Gasteiger partial charge on any atom is -0.497 e. The van der Waals surface area contributed by atoms with Gasteiger partial charge in [0.2, 0.25) is 0 Å². The van der Waals surface area contributed by atoms with Crippen LogP contribution in [0.1, 0.15) is 30.6 Å². The molecule has 0 amide bonds. The summed E-state index contributed by atoms with van der Waals surface area (Å²) in [4.78, 5) is 14.3. The van der Waals surface area contributed by atoms with E-state index < -0.39 is 0 Å². The molecule has 4 nitrogen and oxygen atoms in total. The molecule has 0 saturated carbocycles. The first-order valence-corrected chi connectivity index (χ1v) is 9.18. The quantitative estimate of drug-likeness (QED) is 0.750. The number of aryl methyl sites for hydroxylation is 1. The number of hydrogen-bond acceptors (Lipinski definition) is 3. The number of nitrogens with zero attached hydrogens (tertiary/aromatic N) is 2. The van der Waals surface area contributed by atoms with E-state index in [-0.39, 0.29) is 0 Å². The van der Waals surface area contributed by atoms with Crippen LogP contribution < -0.4 is 0 Å². The van der Waals surface area contributed by atoms with Crippen LogP contribution >= 0.6 is 0 Å². The summed E-state index contributed by atoms with van der Waals surface area (Å²) in [5.41, 5.74) is 5.15. The number of likely N-dealkylation sites (N-methyl/N-ethyl adjacent to an activating group) is 1. The molecular weight excluding hydrogens is 312 g/mol. The van der Waals surface area contributed by atoms with Crippen LogP contribution in [0.4, 0.5) is 0 Å². The maximum atomic E-state index is 11.7. The third-order valence-electron chi connectivity index (χ3n) is 6.92. The Morgan fingerprint density at radius 1 is 1.24 bits per heavy atom. The number of rotatable bonds is 1. The zero-order chi connectivity index (χ0) is 17.3. The van der Waals surface area contributed by atoms with Crippen molar-refractivity contribution in [3.8, 4) is 0 Å². The number of fused-ring (bicyclic) bond motifs is 8. The zero-order valence-electron chi connectivity index (χ0n) is 15.0. The number of carbonyl (C=O) groups excluding carboxylic acids is 1. The molecule has 1 saturated heterocycles. The van der Waals surface area contributed by atoms with Gasteiger partial charge >= 0.3 is 0 Å². The molecule has 2 bridgehead atoms. The topological polar surface area (TPSA) is 34.5 Å². The molecule has 4 heteroatoms. The highest BCUT2D eigenvalue weighted by molar-refractivity contribution is 5.86. The number of carbonyl (C=O) groups is 1. The van der Waals surface area contributed by atoms with Gasteiger partial charge in [-0.2, -0.15) is 0 Å². The molecule has 5 rings (SSSR count). The molecular formula is C21H24N2O2. The number of aromatic nitrogens is 1. The third-order valence-corrected chi connectivity index (χ3v) is 6.92. The molecule has 1 aromatic heterocycles. The summed E-state index contributed by atoms with van der Waals surface area (Å²) in [5.74, 6) is 1.55. The summed E-state index contributed by atoms with van der Waals surface area (Å²) < 4.78 is 8.26. The summed E-state index contributed by atoms with van der Waals surface area (Å²) >= 11 is 0. The predicted octanol–water partition coefficient (Wildman–Crippen LogP) is 3.22. The number of para-hydroxylation sites is 1. The smallest absolute Gasteiger partial charge is 0.149 e. The Labute approximate surface area is 148 Å². The molecule has 25 heavy (non-hydrogen) atoms. The summed E-state index contributed by atoms with van der Waals surface area (Å²) in [6.45, 7) is 2.67. The Balaban J connectivity index is 1.69. The zero-order valence-corrected chi connectivity index (χ0v) is 15.0. The van der Waals surface area contributed by atoms with Crippen molar-refractivity contribution in [3.63, 3.8) is 0 Å². The van der Waals surface area contributed by atoms with Gasteiger partial charge in [0.15, 0.2) is 0 Å². The van der Waals surface area contributed by atoms with Crippen LogP contribution in [0.15, 0.2) is 35.6 Å². The molecule has 0 N–H and O–H groups in total. The number of aldehydes is 1. The van der Waals surface area contributed by atoms with Gasteiger partial charge in [0.1, 0.15) is 6.29 Å². The fraction of sp³-hybridized carbons (Fsp3) is 0.476. The highest BCUT2D eigenvalue weighted by Gasteiger charge is 2.50. The van der Waals surface area contributed by atoms with Gasteiger partial charge in [-0.15, -0.1) is 0 Å². The van der Waals surface area contributed by atoms with Crippen LogP contribution in [-0.4, -0.2) is 35.4 Å². The first kappa shape index (κ1) is 15.2. The fourth-order valence-corrected chi connectivity index (χ4v) is 5.64. The molecule has 4 heterocycles. The predicted molar refractivity (Wildman–Crippen MR) is 97.2 cm³/mol.